The highest BCUT2D eigenvalue weighted by Crippen LogP contribution is 2.19. The number of likely N-dealkylation sites (N-methyl/N-ethyl adjacent to an activating group) is 1. The van der Waals surface area contributed by atoms with Crippen molar-refractivity contribution in [3.05, 3.63) is 28.7 Å². The summed E-state index contributed by atoms with van der Waals surface area (Å²) in [5.74, 6) is -0.129. The van der Waals surface area contributed by atoms with E-state index in [9.17, 15) is 18.0 Å². The summed E-state index contributed by atoms with van der Waals surface area (Å²) >= 11 is 3.35. The lowest BCUT2D eigenvalue weighted by Gasteiger charge is -2.26. The third-order valence-corrected chi connectivity index (χ3v) is 6.59. The molecule has 0 radical (unpaired) electrons. The van der Waals surface area contributed by atoms with Crippen LogP contribution in [0.1, 0.15) is 26.2 Å². The molecule has 2 rings (SSSR count). The van der Waals surface area contributed by atoms with Gasteiger partial charge in [0.2, 0.25) is 0 Å². The van der Waals surface area contributed by atoms with Crippen LogP contribution in [0.25, 0.3) is 0 Å². The first kappa shape index (κ1) is 21.7. The molecule has 1 aromatic rings. The molecule has 1 fully saturated rings. The van der Waals surface area contributed by atoms with Crippen molar-refractivity contribution in [3.63, 3.8) is 0 Å². The Morgan fingerprint density at radius 3 is 2.74 bits per heavy atom. The minimum Gasteiger partial charge on any atom is -0.494 e. The molecule has 2 atom stereocenters. The number of benzene rings is 1. The summed E-state index contributed by atoms with van der Waals surface area (Å²) in [4.78, 5) is 25.6. The van der Waals surface area contributed by atoms with Gasteiger partial charge in [0.15, 0.2) is 15.9 Å². The molecule has 1 saturated heterocycles. The van der Waals surface area contributed by atoms with Gasteiger partial charge >= 0.3 is 5.97 Å². The molecule has 0 saturated carbocycles. The van der Waals surface area contributed by atoms with Crippen LogP contribution in [0.5, 0.6) is 5.75 Å². The summed E-state index contributed by atoms with van der Waals surface area (Å²) in [7, 11) is -1.54. The average molecular weight is 462 g/mol. The second kappa shape index (κ2) is 9.54. The standard InChI is InChI=1S/C18H24BrNO6S/c1-13(18(22)20(2)15-8-10-27(23,24)12-15)26-17(21)7-4-9-25-16-6-3-5-14(19)11-16/h3,5-6,11,13,15H,4,7-10,12H2,1-2H3. The van der Waals surface area contributed by atoms with Crippen LogP contribution in [0.15, 0.2) is 28.7 Å². The number of rotatable bonds is 8. The highest BCUT2D eigenvalue weighted by Gasteiger charge is 2.34. The van der Waals surface area contributed by atoms with Gasteiger partial charge in [-0.3, -0.25) is 9.59 Å². The molecule has 0 N–H and O–H groups in total. The lowest BCUT2D eigenvalue weighted by Crippen LogP contribution is -2.44. The molecule has 0 spiro atoms. The minimum atomic E-state index is -3.08. The van der Waals surface area contributed by atoms with Crippen LogP contribution in [0.4, 0.5) is 0 Å². The van der Waals surface area contributed by atoms with Crippen LogP contribution < -0.4 is 4.74 Å². The van der Waals surface area contributed by atoms with Crippen molar-refractivity contribution in [2.75, 3.05) is 25.2 Å². The van der Waals surface area contributed by atoms with Crippen LogP contribution in [0.2, 0.25) is 0 Å². The molecule has 0 aliphatic carbocycles. The molecule has 150 valence electrons. The predicted molar refractivity (Wildman–Crippen MR) is 104 cm³/mol. The lowest BCUT2D eigenvalue weighted by atomic mass is 10.2. The van der Waals surface area contributed by atoms with Gasteiger partial charge in [0.25, 0.3) is 5.91 Å². The third kappa shape index (κ3) is 6.80. The number of hydrogen-bond donors (Lipinski definition) is 0. The Morgan fingerprint density at radius 2 is 2.11 bits per heavy atom. The van der Waals surface area contributed by atoms with Gasteiger partial charge < -0.3 is 14.4 Å². The van der Waals surface area contributed by atoms with Crippen molar-refractivity contribution >= 4 is 37.6 Å². The molecule has 2 unspecified atom stereocenters. The smallest absolute Gasteiger partial charge is 0.306 e. The maximum Gasteiger partial charge on any atom is 0.306 e. The summed E-state index contributed by atoms with van der Waals surface area (Å²) in [5.41, 5.74) is 0. The Kier molecular flexibility index (Phi) is 7.67. The van der Waals surface area contributed by atoms with E-state index in [4.69, 9.17) is 9.47 Å². The Bertz CT molecular complexity index is 782. The average Bonchev–Trinajstić information content (AvgIpc) is 2.97. The first-order chi connectivity index (χ1) is 12.7. The van der Waals surface area contributed by atoms with E-state index in [2.05, 4.69) is 15.9 Å². The number of carbonyl (C=O) groups is 2. The van der Waals surface area contributed by atoms with E-state index < -0.39 is 27.8 Å². The zero-order chi connectivity index (χ0) is 20.0. The van der Waals surface area contributed by atoms with E-state index in [1.54, 1.807) is 7.05 Å². The summed E-state index contributed by atoms with van der Waals surface area (Å²) in [6, 6.07) is 7.04. The first-order valence-corrected chi connectivity index (χ1v) is 11.3. The Hall–Kier alpha value is -1.61. The van der Waals surface area contributed by atoms with Crippen LogP contribution >= 0.6 is 15.9 Å². The predicted octanol–water partition coefficient (Wildman–Crippen LogP) is 2.19. The van der Waals surface area contributed by atoms with Gasteiger partial charge in [0.1, 0.15) is 5.75 Å². The van der Waals surface area contributed by atoms with Gasteiger partial charge in [-0.05, 0) is 38.0 Å². The van der Waals surface area contributed by atoms with E-state index in [-0.39, 0.29) is 24.0 Å². The minimum absolute atomic E-state index is 0.0388. The monoisotopic (exact) mass is 461 g/mol. The highest BCUT2D eigenvalue weighted by molar-refractivity contribution is 9.10. The van der Waals surface area contributed by atoms with Crippen LogP contribution in [0.3, 0.4) is 0 Å². The van der Waals surface area contributed by atoms with E-state index >= 15 is 0 Å². The topological polar surface area (TPSA) is 90.0 Å². The normalized spacial score (nSPS) is 19.3. The molecule has 1 aliphatic rings. The highest BCUT2D eigenvalue weighted by atomic mass is 79.9. The molecule has 1 aliphatic heterocycles. The number of nitrogens with zero attached hydrogens (tertiary/aromatic N) is 1. The molecule has 27 heavy (non-hydrogen) atoms. The SMILES string of the molecule is CC(OC(=O)CCCOc1cccc(Br)c1)C(=O)N(C)C1CCS(=O)(=O)C1. The van der Waals surface area contributed by atoms with Crippen molar-refractivity contribution in [2.45, 2.75) is 38.3 Å². The number of halogens is 1. The molecule has 1 aromatic carbocycles. The van der Waals surface area contributed by atoms with Gasteiger partial charge in [-0.15, -0.1) is 0 Å². The fourth-order valence-electron chi connectivity index (χ4n) is 2.82. The van der Waals surface area contributed by atoms with Gasteiger partial charge in [-0.2, -0.15) is 0 Å². The fourth-order valence-corrected chi connectivity index (χ4v) is 4.97. The van der Waals surface area contributed by atoms with Gasteiger partial charge in [-0.1, -0.05) is 22.0 Å². The Balaban J connectivity index is 1.70. The zero-order valence-electron chi connectivity index (χ0n) is 15.4. The molecule has 9 heteroatoms. The summed E-state index contributed by atoms with van der Waals surface area (Å²) in [6.45, 7) is 1.85. The van der Waals surface area contributed by atoms with Gasteiger partial charge in [-0.25, -0.2) is 8.42 Å². The fraction of sp³-hybridized carbons (Fsp3) is 0.556. The zero-order valence-corrected chi connectivity index (χ0v) is 17.8. The van der Waals surface area contributed by atoms with Crippen LogP contribution in [-0.4, -0.2) is 62.5 Å². The van der Waals surface area contributed by atoms with Crippen molar-refractivity contribution < 1.29 is 27.5 Å². The Morgan fingerprint density at radius 1 is 1.37 bits per heavy atom. The van der Waals surface area contributed by atoms with Crippen LogP contribution in [-0.2, 0) is 24.2 Å². The van der Waals surface area contributed by atoms with Crippen molar-refractivity contribution in [2.24, 2.45) is 0 Å². The summed E-state index contributed by atoms with van der Waals surface area (Å²) in [6.07, 6.45) is 0.0608. The Labute approximate surface area is 168 Å². The number of sulfone groups is 1. The van der Waals surface area contributed by atoms with E-state index in [0.29, 0.717) is 25.2 Å². The lowest BCUT2D eigenvalue weighted by molar-refractivity contribution is -0.159. The van der Waals surface area contributed by atoms with Crippen LogP contribution in [0, 0.1) is 0 Å². The molecule has 1 heterocycles. The maximum atomic E-state index is 12.3. The maximum absolute atomic E-state index is 12.3. The van der Waals surface area contributed by atoms with Gasteiger partial charge in [0, 0.05) is 24.0 Å². The number of amides is 1. The van der Waals surface area contributed by atoms with E-state index in [1.807, 2.05) is 24.3 Å². The molecular weight excluding hydrogens is 438 g/mol. The van der Waals surface area contributed by atoms with Crippen molar-refractivity contribution in [3.8, 4) is 5.75 Å². The van der Waals surface area contributed by atoms with E-state index in [1.165, 1.54) is 11.8 Å². The molecule has 1 amide bonds. The number of hydrogen-bond acceptors (Lipinski definition) is 6. The molecular formula is C18H24BrNO6S. The molecule has 0 aromatic heterocycles. The quantitative estimate of drug-likeness (QED) is 0.435. The summed E-state index contributed by atoms with van der Waals surface area (Å²) in [5, 5.41) is 0. The second-order valence-corrected chi connectivity index (χ2v) is 9.69. The first-order valence-electron chi connectivity index (χ1n) is 8.73. The number of ether oxygens (including phenoxy) is 2. The van der Waals surface area contributed by atoms with Crippen molar-refractivity contribution in [1.82, 2.24) is 4.90 Å². The molecule has 0 bridgehead atoms. The molecule has 7 nitrogen and oxygen atoms in total. The number of carbonyl (C=O) groups excluding carboxylic acids is 2. The summed E-state index contributed by atoms with van der Waals surface area (Å²) < 4.78 is 34.7. The third-order valence-electron chi connectivity index (χ3n) is 4.35. The van der Waals surface area contributed by atoms with E-state index in [0.717, 1.165) is 4.47 Å². The van der Waals surface area contributed by atoms with Crippen molar-refractivity contribution in [1.29, 1.82) is 0 Å². The number of esters is 1. The second-order valence-electron chi connectivity index (χ2n) is 6.55. The largest absolute Gasteiger partial charge is 0.494 e. The van der Waals surface area contributed by atoms with Gasteiger partial charge in [0.05, 0.1) is 18.1 Å².